The second-order valence-corrected chi connectivity index (χ2v) is 8.72. The molecule has 1 aliphatic heterocycles. The molecule has 144 valence electrons. The molecule has 5 nitrogen and oxygen atoms in total. The fourth-order valence-corrected chi connectivity index (χ4v) is 4.15. The highest BCUT2D eigenvalue weighted by atomic mass is 17.2. The number of rotatable bonds is 5. The molecule has 2 fully saturated rings. The summed E-state index contributed by atoms with van der Waals surface area (Å²) in [5, 5.41) is 11.3. The third kappa shape index (κ3) is 4.09. The summed E-state index contributed by atoms with van der Waals surface area (Å²) in [5.41, 5.74) is -0.582. The Morgan fingerprint density at radius 2 is 2.04 bits per heavy atom. The largest absolute Gasteiger partial charge is 0.469 e. The molecule has 1 N–H and O–H groups in total. The summed E-state index contributed by atoms with van der Waals surface area (Å²) in [5.74, 6) is -0.637. The second-order valence-electron chi connectivity index (χ2n) is 8.72. The van der Waals surface area contributed by atoms with Crippen molar-refractivity contribution in [1.29, 1.82) is 0 Å². The Bertz CT molecular complexity index is 504. The lowest BCUT2D eigenvalue weighted by Crippen LogP contribution is -2.50. The Labute approximate surface area is 151 Å². The standard InChI is InChI=1S/C20H34O5/c1-14-8-7-10-18(3,4)20(14,22)13-12-19(5)11-9-16(24-25-19)15(2)17(21)23-6/h15-16,22H,1,7-13H2,2-6H3/t15-,16+,19-,20-/m0/s1. The minimum atomic E-state index is -0.867. The molecule has 0 aromatic rings. The number of aliphatic hydroxyl groups is 1. The van der Waals surface area contributed by atoms with Crippen LogP contribution in [-0.2, 0) is 19.3 Å². The fourth-order valence-electron chi connectivity index (χ4n) is 4.15. The Kier molecular flexibility index (Phi) is 6.02. The van der Waals surface area contributed by atoms with Gasteiger partial charge in [0.05, 0.1) is 18.6 Å². The molecule has 1 heterocycles. The van der Waals surface area contributed by atoms with Crippen LogP contribution in [0.2, 0.25) is 0 Å². The van der Waals surface area contributed by atoms with Gasteiger partial charge >= 0.3 is 5.97 Å². The van der Waals surface area contributed by atoms with Crippen molar-refractivity contribution < 1.29 is 24.4 Å². The van der Waals surface area contributed by atoms with Crippen molar-refractivity contribution in [1.82, 2.24) is 0 Å². The lowest BCUT2D eigenvalue weighted by Gasteiger charge is -2.49. The van der Waals surface area contributed by atoms with Gasteiger partial charge in [-0.05, 0) is 69.8 Å². The van der Waals surface area contributed by atoms with E-state index in [1.165, 1.54) is 7.11 Å². The van der Waals surface area contributed by atoms with Crippen LogP contribution in [0.3, 0.4) is 0 Å². The minimum absolute atomic E-state index is 0.184. The lowest BCUT2D eigenvalue weighted by atomic mass is 9.61. The third-order valence-electron chi connectivity index (χ3n) is 6.46. The predicted molar refractivity (Wildman–Crippen MR) is 95.7 cm³/mol. The van der Waals surface area contributed by atoms with Crippen LogP contribution in [0.25, 0.3) is 0 Å². The van der Waals surface area contributed by atoms with Gasteiger partial charge in [0.15, 0.2) is 0 Å². The fraction of sp³-hybridized carbons (Fsp3) is 0.850. The third-order valence-corrected chi connectivity index (χ3v) is 6.46. The Balaban J connectivity index is 1.95. The maximum Gasteiger partial charge on any atom is 0.311 e. The molecule has 0 amide bonds. The number of methoxy groups -OCH3 is 1. The maximum atomic E-state index is 11.7. The molecular formula is C20H34O5. The highest BCUT2D eigenvalue weighted by Crippen LogP contribution is 2.50. The Morgan fingerprint density at radius 3 is 2.56 bits per heavy atom. The number of ether oxygens (including phenoxy) is 1. The summed E-state index contributed by atoms with van der Waals surface area (Å²) in [4.78, 5) is 22.9. The smallest absolute Gasteiger partial charge is 0.311 e. The van der Waals surface area contributed by atoms with Crippen LogP contribution in [0.5, 0.6) is 0 Å². The van der Waals surface area contributed by atoms with E-state index in [9.17, 15) is 9.90 Å². The zero-order valence-electron chi connectivity index (χ0n) is 16.4. The van der Waals surface area contributed by atoms with E-state index in [1.807, 2.05) is 6.92 Å². The van der Waals surface area contributed by atoms with Gasteiger partial charge in [-0.25, -0.2) is 9.78 Å². The summed E-state index contributed by atoms with van der Waals surface area (Å²) in [6, 6.07) is 0. The van der Waals surface area contributed by atoms with E-state index in [2.05, 4.69) is 20.4 Å². The summed E-state index contributed by atoms with van der Waals surface area (Å²) >= 11 is 0. The minimum Gasteiger partial charge on any atom is -0.469 e. The topological polar surface area (TPSA) is 65.0 Å². The van der Waals surface area contributed by atoms with Gasteiger partial charge in [-0.3, -0.25) is 4.79 Å². The second kappa shape index (κ2) is 7.37. The number of carbonyl (C=O) groups is 1. The SMILES string of the molecule is C=C1CCCC(C)(C)[C@]1(O)CC[C@]1(C)CC[C@H]([C@H](C)C(=O)OC)OO1. The van der Waals surface area contributed by atoms with Crippen LogP contribution < -0.4 is 0 Å². The highest BCUT2D eigenvalue weighted by Gasteiger charge is 2.49. The van der Waals surface area contributed by atoms with Crippen LogP contribution in [0.15, 0.2) is 12.2 Å². The molecule has 0 unspecified atom stereocenters. The number of hydrogen-bond acceptors (Lipinski definition) is 5. The van der Waals surface area contributed by atoms with Gasteiger partial charge in [-0.15, -0.1) is 0 Å². The zero-order chi connectivity index (χ0) is 18.9. The number of esters is 1. The molecule has 0 spiro atoms. The van der Waals surface area contributed by atoms with Crippen LogP contribution in [0, 0.1) is 11.3 Å². The van der Waals surface area contributed by atoms with Crippen molar-refractivity contribution in [2.24, 2.45) is 11.3 Å². The molecule has 2 rings (SSSR count). The molecule has 1 saturated carbocycles. The van der Waals surface area contributed by atoms with E-state index in [4.69, 9.17) is 14.5 Å². The van der Waals surface area contributed by atoms with Crippen LogP contribution in [0.1, 0.15) is 72.6 Å². The van der Waals surface area contributed by atoms with Gasteiger partial charge in [0.1, 0.15) is 11.7 Å². The van der Waals surface area contributed by atoms with Crippen molar-refractivity contribution in [3.05, 3.63) is 12.2 Å². The first-order valence-electron chi connectivity index (χ1n) is 9.38. The molecule has 1 aliphatic carbocycles. The van der Waals surface area contributed by atoms with Crippen molar-refractivity contribution in [2.45, 2.75) is 89.9 Å². The Hall–Kier alpha value is -0.910. The Morgan fingerprint density at radius 1 is 1.36 bits per heavy atom. The van der Waals surface area contributed by atoms with E-state index >= 15 is 0 Å². The summed E-state index contributed by atoms with van der Waals surface area (Å²) in [6.07, 6.45) is 5.48. The van der Waals surface area contributed by atoms with Crippen LogP contribution in [0.4, 0.5) is 0 Å². The van der Waals surface area contributed by atoms with E-state index < -0.39 is 11.2 Å². The van der Waals surface area contributed by atoms with Gasteiger partial charge in [0.2, 0.25) is 0 Å². The van der Waals surface area contributed by atoms with Gasteiger partial charge < -0.3 is 9.84 Å². The average molecular weight is 354 g/mol. The van der Waals surface area contributed by atoms with Gasteiger partial charge in [-0.2, -0.15) is 0 Å². The van der Waals surface area contributed by atoms with E-state index in [1.54, 1.807) is 6.92 Å². The lowest BCUT2D eigenvalue weighted by molar-refractivity contribution is -0.412. The molecular weight excluding hydrogens is 320 g/mol. The normalized spacial score (nSPS) is 36.7. The number of carbonyl (C=O) groups excluding carboxylic acids is 1. The number of hydrogen-bond donors (Lipinski definition) is 1. The molecule has 25 heavy (non-hydrogen) atoms. The molecule has 0 radical (unpaired) electrons. The predicted octanol–water partition coefficient (Wildman–Crippen LogP) is 3.94. The van der Waals surface area contributed by atoms with Crippen molar-refractivity contribution in [3.63, 3.8) is 0 Å². The van der Waals surface area contributed by atoms with Crippen molar-refractivity contribution in [3.8, 4) is 0 Å². The van der Waals surface area contributed by atoms with Gasteiger partial charge in [-0.1, -0.05) is 20.4 Å². The molecule has 0 aromatic heterocycles. The van der Waals surface area contributed by atoms with Crippen LogP contribution >= 0.6 is 0 Å². The molecule has 0 bridgehead atoms. The molecule has 1 saturated heterocycles. The highest BCUT2D eigenvalue weighted by molar-refractivity contribution is 5.72. The summed E-state index contributed by atoms with van der Waals surface area (Å²) < 4.78 is 4.77. The molecule has 0 aromatic carbocycles. The first-order valence-corrected chi connectivity index (χ1v) is 9.38. The van der Waals surface area contributed by atoms with E-state index in [0.29, 0.717) is 12.8 Å². The van der Waals surface area contributed by atoms with Crippen molar-refractivity contribution >= 4 is 5.97 Å². The molecule has 4 atom stereocenters. The van der Waals surface area contributed by atoms with Crippen LogP contribution in [-0.4, -0.2) is 35.5 Å². The summed E-state index contributed by atoms with van der Waals surface area (Å²) in [7, 11) is 1.38. The van der Waals surface area contributed by atoms with Crippen molar-refractivity contribution in [2.75, 3.05) is 7.11 Å². The first kappa shape index (κ1) is 20.4. The van der Waals surface area contributed by atoms with E-state index in [-0.39, 0.29) is 23.4 Å². The average Bonchev–Trinajstić information content (AvgIpc) is 2.57. The van der Waals surface area contributed by atoms with E-state index in [0.717, 1.165) is 37.7 Å². The quantitative estimate of drug-likeness (QED) is 0.460. The zero-order valence-corrected chi connectivity index (χ0v) is 16.4. The molecule has 2 aliphatic rings. The first-order chi connectivity index (χ1) is 11.5. The van der Waals surface area contributed by atoms with Gasteiger partial charge in [0.25, 0.3) is 0 Å². The summed E-state index contributed by atoms with van der Waals surface area (Å²) in [6.45, 7) is 12.2. The maximum absolute atomic E-state index is 11.7. The van der Waals surface area contributed by atoms with Gasteiger partial charge in [0, 0.05) is 0 Å². The monoisotopic (exact) mass is 354 g/mol. The molecule has 5 heteroatoms.